The molecule has 1 heterocycles. The molecule has 0 aromatic heterocycles. The van der Waals surface area contributed by atoms with Crippen molar-refractivity contribution in [2.24, 2.45) is 11.8 Å². The van der Waals surface area contributed by atoms with Crippen LogP contribution in [0.5, 0.6) is 0 Å². The quantitative estimate of drug-likeness (QED) is 0.726. The molecule has 17 heavy (non-hydrogen) atoms. The molecule has 92 valence electrons. The Morgan fingerprint density at radius 1 is 1.35 bits per heavy atom. The molecule has 0 N–H and O–H groups in total. The molecule has 0 saturated heterocycles. The van der Waals surface area contributed by atoms with Crippen LogP contribution < -0.4 is 4.90 Å². The van der Waals surface area contributed by atoms with Gasteiger partial charge in [0.15, 0.2) is 0 Å². The minimum atomic E-state index is 0.155. The molecule has 2 nitrogen and oxygen atoms in total. The Hall–Kier alpha value is -1.31. The van der Waals surface area contributed by atoms with Crippen molar-refractivity contribution in [2.75, 3.05) is 4.90 Å². The molecule has 1 aliphatic rings. The largest absolute Gasteiger partial charge is 0.309 e. The van der Waals surface area contributed by atoms with E-state index in [2.05, 4.69) is 39.0 Å². The van der Waals surface area contributed by atoms with Gasteiger partial charge in [-0.25, -0.2) is 0 Å². The second-order valence-corrected chi connectivity index (χ2v) is 5.43. The number of rotatable bonds is 1. The summed E-state index contributed by atoms with van der Waals surface area (Å²) in [5.74, 6) is 1.17. The molecule has 0 aliphatic carbocycles. The van der Waals surface area contributed by atoms with Crippen molar-refractivity contribution in [1.29, 1.82) is 0 Å². The summed E-state index contributed by atoms with van der Waals surface area (Å²) in [7, 11) is 0. The van der Waals surface area contributed by atoms with Crippen LogP contribution in [0.15, 0.2) is 24.3 Å². The van der Waals surface area contributed by atoms with Crippen LogP contribution in [0, 0.1) is 11.8 Å². The van der Waals surface area contributed by atoms with Crippen molar-refractivity contribution in [2.45, 2.75) is 40.2 Å². The maximum Gasteiger partial charge on any atom is 0.224 e. The number of fused-ring (bicyclic) bond motifs is 1. The van der Waals surface area contributed by atoms with Gasteiger partial charge in [-0.1, -0.05) is 39.0 Å². The zero-order chi connectivity index (χ0) is 12.6. The fourth-order valence-corrected chi connectivity index (χ4v) is 3.14. The first-order valence-electron chi connectivity index (χ1n) is 6.40. The van der Waals surface area contributed by atoms with E-state index in [9.17, 15) is 4.79 Å². The lowest BCUT2D eigenvalue weighted by Gasteiger charge is -2.43. The number of hydrogen-bond donors (Lipinski definition) is 0. The molecular weight excluding hydrogens is 210 g/mol. The average Bonchev–Trinajstić information content (AvgIpc) is 2.26. The van der Waals surface area contributed by atoms with Gasteiger partial charge in [0, 0.05) is 18.7 Å². The Morgan fingerprint density at radius 3 is 2.59 bits per heavy atom. The first-order valence-corrected chi connectivity index (χ1v) is 6.40. The van der Waals surface area contributed by atoms with Crippen LogP contribution in [0.2, 0.25) is 0 Å². The summed E-state index contributed by atoms with van der Waals surface area (Å²) in [4.78, 5) is 13.9. The van der Waals surface area contributed by atoms with Crippen molar-refractivity contribution in [3.05, 3.63) is 29.8 Å². The van der Waals surface area contributed by atoms with E-state index < -0.39 is 0 Å². The summed E-state index contributed by atoms with van der Waals surface area (Å²) in [6.45, 7) is 8.32. The van der Waals surface area contributed by atoms with Crippen molar-refractivity contribution in [3.63, 3.8) is 0 Å². The average molecular weight is 231 g/mol. The summed E-state index contributed by atoms with van der Waals surface area (Å²) in [5.41, 5.74) is 2.41. The molecule has 0 unspecified atom stereocenters. The van der Waals surface area contributed by atoms with Gasteiger partial charge in [0.05, 0.1) is 0 Å². The lowest BCUT2D eigenvalue weighted by Crippen LogP contribution is -2.49. The van der Waals surface area contributed by atoms with Crippen molar-refractivity contribution < 1.29 is 4.79 Å². The van der Waals surface area contributed by atoms with E-state index in [4.69, 9.17) is 0 Å². The number of carbonyl (C=O) groups is 1. The lowest BCUT2D eigenvalue weighted by atomic mass is 9.81. The summed E-state index contributed by atoms with van der Waals surface area (Å²) in [5, 5.41) is 0. The van der Waals surface area contributed by atoms with Crippen LogP contribution in [0.4, 0.5) is 5.69 Å². The van der Waals surface area contributed by atoms with E-state index in [0.717, 1.165) is 12.1 Å². The summed E-state index contributed by atoms with van der Waals surface area (Å²) in [6, 6.07) is 8.60. The molecule has 0 radical (unpaired) electrons. The SMILES string of the molecule is CC(=O)N1c2ccccc2C[C@@H](C)[C@@H]1C(C)C. The van der Waals surface area contributed by atoms with Gasteiger partial charge in [0.1, 0.15) is 0 Å². The van der Waals surface area contributed by atoms with Gasteiger partial charge >= 0.3 is 0 Å². The van der Waals surface area contributed by atoms with Crippen LogP contribution in [-0.2, 0) is 11.2 Å². The Kier molecular flexibility index (Phi) is 3.23. The van der Waals surface area contributed by atoms with E-state index in [-0.39, 0.29) is 5.91 Å². The Balaban J connectivity index is 2.50. The summed E-state index contributed by atoms with van der Waals surface area (Å²) >= 11 is 0. The Bertz CT molecular complexity index is 425. The minimum Gasteiger partial charge on any atom is -0.309 e. The molecule has 0 bridgehead atoms. The second-order valence-electron chi connectivity index (χ2n) is 5.43. The number of hydrogen-bond acceptors (Lipinski definition) is 1. The monoisotopic (exact) mass is 231 g/mol. The number of nitrogens with zero attached hydrogens (tertiary/aromatic N) is 1. The number of carbonyl (C=O) groups excluding carboxylic acids is 1. The fourth-order valence-electron chi connectivity index (χ4n) is 3.14. The van der Waals surface area contributed by atoms with Crippen molar-refractivity contribution in [3.8, 4) is 0 Å². The Labute approximate surface area is 104 Å². The molecular formula is C15H21NO. The van der Waals surface area contributed by atoms with E-state index in [1.54, 1.807) is 6.92 Å². The molecule has 0 spiro atoms. The van der Waals surface area contributed by atoms with E-state index in [1.807, 2.05) is 11.0 Å². The van der Waals surface area contributed by atoms with Crippen molar-refractivity contribution in [1.82, 2.24) is 0 Å². The Morgan fingerprint density at radius 2 is 2.00 bits per heavy atom. The number of para-hydroxylation sites is 1. The highest BCUT2D eigenvalue weighted by atomic mass is 16.2. The zero-order valence-electron chi connectivity index (χ0n) is 11.1. The van der Waals surface area contributed by atoms with Gasteiger partial charge in [-0.3, -0.25) is 4.79 Å². The summed E-state index contributed by atoms with van der Waals surface area (Å²) < 4.78 is 0. The fraction of sp³-hybridized carbons (Fsp3) is 0.533. The van der Waals surface area contributed by atoms with Crippen LogP contribution in [0.3, 0.4) is 0 Å². The van der Waals surface area contributed by atoms with Crippen LogP contribution in [0.25, 0.3) is 0 Å². The molecule has 1 aromatic rings. The molecule has 1 amide bonds. The smallest absolute Gasteiger partial charge is 0.224 e. The van der Waals surface area contributed by atoms with Gasteiger partial charge in [-0.15, -0.1) is 0 Å². The molecule has 2 atom stereocenters. The van der Waals surface area contributed by atoms with Gasteiger partial charge in [-0.2, -0.15) is 0 Å². The van der Waals surface area contributed by atoms with Crippen LogP contribution in [0.1, 0.15) is 33.3 Å². The molecule has 1 aliphatic heterocycles. The molecule has 2 heteroatoms. The normalized spacial score (nSPS) is 23.7. The summed E-state index contributed by atoms with van der Waals surface area (Å²) in [6.07, 6.45) is 1.07. The number of anilines is 1. The topological polar surface area (TPSA) is 20.3 Å². The lowest BCUT2D eigenvalue weighted by molar-refractivity contribution is -0.117. The highest BCUT2D eigenvalue weighted by Gasteiger charge is 2.35. The highest BCUT2D eigenvalue weighted by molar-refractivity contribution is 5.93. The maximum atomic E-state index is 11.9. The first kappa shape index (κ1) is 12.2. The first-order chi connectivity index (χ1) is 8.02. The highest BCUT2D eigenvalue weighted by Crippen LogP contribution is 2.36. The molecule has 0 fully saturated rings. The molecule has 0 saturated carbocycles. The van der Waals surface area contributed by atoms with Gasteiger partial charge in [-0.05, 0) is 29.9 Å². The van der Waals surface area contributed by atoms with Gasteiger partial charge in [0.25, 0.3) is 0 Å². The molecule has 2 rings (SSSR count). The third-order valence-corrected chi connectivity index (χ3v) is 3.70. The minimum absolute atomic E-state index is 0.155. The second kappa shape index (κ2) is 4.52. The van der Waals surface area contributed by atoms with E-state index in [0.29, 0.717) is 17.9 Å². The van der Waals surface area contributed by atoms with Gasteiger partial charge < -0.3 is 4.90 Å². The van der Waals surface area contributed by atoms with Crippen LogP contribution >= 0.6 is 0 Å². The third kappa shape index (κ3) is 2.08. The van der Waals surface area contributed by atoms with E-state index in [1.165, 1.54) is 5.56 Å². The van der Waals surface area contributed by atoms with E-state index >= 15 is 0 Å². The number of amides is 1. The number of benzene rings is 1. The predicted molar refractivity (Wildman–Crippen MR) is 71.1 cm³/mol. The van der Waals surface area contributed by atoms with Gasteiger partial charge in [0.2, 0.25) is 5.91 Å². The van der Waals surface area contributed by atoms with Crippen LogP contribution in [-0.4, -0.2) is 11.9 Å². The standard InChI is InChI=1S/C15H21NO/c1-10(2)15-11(3)9-13-7-5-6-8-14(13)16(15)12(4)17/h5-8,10-11,15H,9H2,1-4H3/t11-,15+/m1/s1. The molecule has 1 aromatic carbocycles. The van der Waals surface area contributed by atoms with Crippen molar-refractivity contribution >= 4 is 11.6 Å². The maximum absolute atomic E-state index is 11.9. The zero-order valence-corrected chi connectivity index (χ0v) is 11.1. The third-order valence-electron chi connectivity index (χ3n) is 3.70. The predicted octanol–water partition coefficient (Wildman–Crippen LogP) is 3.26.